The number of H-pyrrole nitrogens is 2. The van der Waals surface area contributed by atoms with E-state index in [0.717, 1.165) is 52.0 Å². The summed E-state index contributed by atoms with van der Waals surface area (Å²) in [4.78, 5) is 16.0. The number of phenols is 1. The molecule has 7 heteroatoms. The van der Waals surface area contributed by atoms with Crippen LogP contribution in [0.1, 0.15) is 22.8 Å². The van der Waals surface area contributed by atoms with Crippen molar-refractivity contribution in [3.63, 3.8) is 0 Å². The minimum absolute atomic E-state index is 0. The number of aromatic nitrogens is 4. The third kappa shape index (κ3) is 6.61. The molecule has 1 aromatic carbocycles. The number of aromatic amines is 2. The summed E-state index contributed by atoms with van der Waals surface area (Å²) in [6.45, 7) is 0. The average Bonchev–Trinajstić information content (AvgIpc) is 3.62. The van der Waals surface area contributed by atoms with Gasteiger partial charge < -0.3 is 20.2 Å². The van der Waals surface area contributed by atoms with E-state index in [1.165, 1.54) is 0 Å². The first-order valence-corrected chi connectivity index (χ1v) is 10.4. The van der Waals surface area contributed by atoms with Crippen LogP contribution in [0.15, 0.2) is 78.9 Å². The van der Waals surface area contributed by atoms with Gasteiger partial charge in [0.15, 0.2) is 0 Å². The molecule has 0 saturated carbocycles. The van der Waals surface area contributed by atoms with Gasteiger partial charge in [-0.3, -0.25) is 0 Å². The summed E-state index contributed by atoms with van der Waals surface area (Å²) in [6.07, 6.45) is 8.09. The SMILES string of the molecule is C1=Cc2cc3ccc(cc4nc(cc5ccc(cc1n2)[nH]5)C=C4)[nH]3.CO.Oc1ccccc1.[Zn]. The van der Waals surface area contributed by atoms with Gasteiger partial charge >= 0.3 is 0 Å². The van der Waals surface area contributed by atoms with Crippen molar-refractivity contribution >= 4 is 46.4 Å². The van der Waals surface area contributed by atoms with Gasteiger partial charge in [-0.2, -0.15) is 0 Å². The Morgan fingerprint density at radius 3 is 1.12 bits per heavy atom. The Hall–Kier alpha value is -3.80. The van der Waals surface area contributed by atoms with Crippen LogP contribution in [-0.2, 0) is 19.5 Å². The van der Waals surface area contributed by atoms with Gasteiger partial charge in [-0.1, -0.05) is 18.2 Å². The van der Waals surface area contributed by atoms with Gasteiger partial charge in [0.1, 0.15) is 5.75 Å². The molecule has 166 valence electrons. The van der Waals surface area contributed by atoms with Gasteiger partial charge in [0.2, 0.25) is 0 Å². The summed E-state index contributed by atoms with van der Waals surface area (Å²) >= 11 is 0. The molecule has 0 aliphatic carbocycles. The van der Waals surface area contributed by atoms with Crippen LogP contribution < -0.4 is 0 Å². The maximum absolute atomic E-state index is 8.63. The number of benzene rings is 1. The molecule has 3 aromatic heterocycles. The maximum atomic E-state index is 8.63. The molecule has 8 bridgehead atoms. The van der Waals surface area contributed by atoms with Crippen molar-refractivity contribution in [2.75, 3.05) is 7.11 Å². The number of para-hydroxylation sites is 1. The van der Waals surface area contributed by atoms with Gasteiger partial charge in [-0.15, -0.1) is 0 Å². The van der Waals surface area contributed by atoms with E-state index in [9.17, 15) is 0 Å². The Morgan fingerprint density at radius 2 is 0.853 bits per heavy atom. The Morgan fingerprint density at radius 1 is 0.529 bits per heavy atom. The Kier molecular flexibility index (Phi) is 8.68. The topological polar surface area (TPSA) is 97.8 Å². The summed E-state index contributed by atoms with van der Waals surface area (Å²) < 4.78 is 0. The Labute approximate surface area is 210 Å². The molecule has 0 unspecified atom stereocenters. The molecular weight excluding hydrogens is 478 g/mol. The third-order valence-corrected chi connectivity index (χ3v) is 4.80. The van der Waals surface area contributed by atoms with Crippen molar-refractivity contribution in [1.29, 1.82) is 0 Å². The molecule has 6 rings (SSSR count). The second kappa shape index (κ2) is 11.9. The fraction of sp³-hybridized carbons (Fsp3) is 0.0370. The number of hydrogen-bond donors (Lipinski definition) is 4. The summed E-state index contributed by atoms with van der Waals surface area (Å²) in [5.41, 5.74) is 7.86. The number of aliphatic hydroxyl groups is 1. The first-order valence-electron chi connectivity index (χ1n) is 10.4. The van der Waals surface area contributed by atoms with Crippen molar-refractivity contribution < 1.29 is 29.7 Å². The molecule has 2 aliphatic rings. The van der Waals surface area contributed by atoms with Crippen molar-refractivity contribution in [3.05, 3.63) is 102 Å². The van der Waals surface area contributed by atoms with Crippen molar-refractivity contribution in [1.82, 2.24) is 19.9 Å². The van der Waals surface area contributed by atoms with Crippen LogP contribution >= 0.6 is 0 Å². The zero-order valence-electron chi connectivity index (χ0n) is 18.8. The summed E-state index contributed by atoms with van der Waals surface area (Å²) in [5.74, 6) is 0.322. The van der Waals surface area contributed by atoms with E-state index in [0.29, 0.717) is 5.75 Å². The number of nitrogens with one attached hydrogen (secondary N) is 2. The van der Waals surface area contributed by atoms with E-state index in [4.69, 9.17) is 10.2 Å². The molecule has 6 nitrogen and oxygen atoms in total. The normalized spacial score (nSPS) is 10.9. The van der Waals surface area contributed by atoms with Crippen LogP contribution in [0.5, 0.6) is 5.75 Å². The van der Waals surface area contributed by atoms with E-state index in [1.54, 1.807) is 24.3 Å². The number of rotatable bonds is 0. The number of nitrogens with zero attached hydrogens (tertiary/aromatic N) is 2. The van der Waals surface area contributed by atoms with Crippen LogP contribution in [0.2, 0.25) is 0 Å². The monoisotopic (exact) mass is 500 g/mol. The van der Waals surface area contributed by atoms with E-state index in [1.807, 2.05) is 54.6 Å². The van der Waals surface area contributed by atoms with E-state index in [-0.39, 0.29) is 19.5 Å². The quantitative estimate of drug-likeness (QED) is 0.202. The van der Waals surface area contributed by atoms with Crippen LogP contribution in [-0.4, -0.2) is 37.3 Å². The van der Waals surface area contributed by atoms with Gasteiger partial charge in [0.25, 0.3) is 0 Å². The fourth-order valence-electron chi connectivity index (χ4n) is 3.37. The van der Waals surface area contributed by atoms with E-state index in [2.05, 4.69) is 44.2 Å². The van der Waals surface area contributed by atoms with Crippen LogP contribution in [0.3, 0.4) is 0 Å². The van der Waals surface area contributed by atoms with Gasteiger partial charge in [0.05, 0.1) is 22.8 Å². The predicted octanol–water partition coefficient (Wildman–Crippen LogP) is 5.65. The molecule has 4 aromatic rings. The van der Waals surface area contributed by atoms with Gasteiger partial charge in [-0.25, -0.2) is 9.97 Å². The van der Waals surface area contributed by atoms with Crippen molar-refractivity contribution in [2.45, 2.75) is 0 Å². The number of fused-ring (bicyclic) bond motifs is 8. The maximum Gasteiger partial charge on any atom is 0.115 e. The summed E-state index contributed by atoms with van der Waals surface area (Å²) in [6, 6.07) is 25.1. The molecule has 34 heavy (non-hydrogen) atoms. The van der Waals surface area contributed by atoms with Crippen molar-refractivity contribution in [3.8, 4) is 5.75 Å². The molecule has 2 aliphatic heterocycles. The first kappa shape index (κ1) is 24.8. The van der Waals surface area contributed by atoms with Gasteiger partial charge in [-0.05, 0) is 85.0 Å². The second-order valence-electron chi connectivity index (χ2n) is 7.24. The molecule has 0 atom stereocenters. The molecule has 0 radical (unpaired) electrons. The fourth-order valence-corrected chi connectivity index (χ4v) is 3.37. The standard InChI is InChI=1S/C20H14N4.C6H6O.CH4O.Zn/c1-2-14-10-16-5-6-18(23-16)12-20-8-7-19(24-20)11-17-4-3-15(22-17)9-13(1)21-14;7-6-4-2-1-3-5-6;1-2;/h1-12,21,24H;1-5,7H;2H,1H3;. The van der Waals surface area contributed by atoms with Crippen molar-refractivity contribution in [2.24, 2.45) is 0 Å². The largest absolute Gasteiger partial charge is 0.508 e. The average molecular weight is 502 g/mol. The predicted molar refractivity (Wildman–Crippen MR) is 135 cm³/mol. The second-order valence-corrected chi connectivity index (χ2v) is 7.24. The van der Waals surface area contributed by atoms with Crippen LogP contribution in [0.25, 0.3) is 46.4 Å². The van der Waals surface area contributed by atoms with Crippen LogP contribution in [0, 0.1) is 0 Å². The molecule has 4 N–H and O–H groups in total. The molecule has 0 saturated heterocycles. The summed E-state index contributed by atoms with van der Waals surface area (Å²) in [5, 5.41) is 15.6. The number of aromatic hydroxyl groups is 1. The zero-order valence-corrected chi connectivity index (χ0v) is 21.8. The number of aliphatic hydroxyl groups excluding tert-OH is 1. The molecule has 0 fully saturated rings. The molecule has 0 amide bonds. The minimum atomic E-state index is 0. The smallest absolute Gasteiger partial charge is 0.115 e. The van der Waals surface area contributed by atoms with E-state index < -0.39 is 0 Å². The minimum Gasteiger partial charge on any atom is -0.508 e. The number of phenolic OH excluding ortho intramolecular Hbond substituents is 1. The van der Waals surface area contributed by atoms with E-state index >= 15 is 0 Å². The van der Waals surface area contributed by atoms with Crippen LogP contribution in [0.4, 0.5) is 0 Å². The molecule has 0 spiro atoms. The Bertz CT molecular complexity index is 1280. The number of hydrogen-bond acceptors (Lipinski definition) is 4. The zero-order chi connectivity index (χ0) is 23.0. The molecule has 5 heterocycles. The third-order valence-electron chi connectivity index (χ3n) is 4.80. The van der Waals surface area contributed by atoms with Gasteiger partial charge in [0, 0.05) is 48.7 Å². The Balaban J connectivity index is 0.000000278. The summed E-state index contributed by atoms with van der Waals surface area (Å²) in [7, 11) is 1.00. The molecular formula is C27H24N4O2Zn. The first-order chi connectivity index (χ1) is 16.2.